The van der Waals surface area contributed by atoms with Crippen LogP contribution in [0.4, 0.5) is 0 Å². The van der Waals surface area contributed by atoms with E-state index in [9.17, 15) is 45.6 Å². The molecule has 9 N–H and O–H groups in total. The lowest BCUT2D eigenvalue weighted by Crippen LogP contribution is -2.65. The SMILES string of the molecule is CC/C=C\C/C=C\C/C=C\C/C=C\C/C=C\C/C=C\C/C=C\C/C=C\CCCCCCC(=O)NC(COC1OC(CO)C(OC2OC(CO)C(O)C(O)C2O)C(O)C1O)C(O)/C=C/CC/C=C/CCCCCCCCCCCCCCCCCCCC. The van der Waals surface area contributed by atoms with E-state index in [0.29, 0.717) is 12.8 Å². The minimum Gasteiger partial charge on any atom is -0.394 e. The van der Waals surface area contributed by atoms with Gasteiger partial charge in [-0.05, 0) is 96.3 Å². The average molecular weight is 1220 g/mol. The van der Waals surface area contributed by atoms with Gasteiger partial charge in [0.1, 0.15) is 48.8 Å². The van der Waals surface area contributed by atoms with E-state index in [1.54, 1.807) is 6.08 Å². The molecule has 0 spiro atoms. The Morgan fingerprint density at radius 3 is 1.26 bits per heavy atom. The zero-order valence-corrected chi connectivity index (χ0v) is 54.0. The summed E-state index contributed by atoms with van der Waals surface area (Å²) in [5, 5.41) is 87.4. The molecule has 0 bridgehead atoms. The number of ether oxygens (including phenoxy) is 4. The van der Waals surface area contributed by atoms with Gasteiger partial charge in [-0.25, -0.2) is 0 Å². The van der Waals surface area contributed by atoms with Crippen LogP contribution in [0.3, 0.4) is 0 Å². The summed E-state index contributed by atoms with van der Waals surface area (Å²) in [5.74, 6) is -0.277. The van der Waals surface area contributed by atoms with E-state index in [2.05, 4.69) is 129 Å². The van der Waals surface area contributed by atoms with Gasteiger partial charge >= 0.3 is 0 Å². The van der Waals surface area contributed by atoms with Crippen LogP contribution in [0.15, 0.2) is 122 Å². The zero-order valence-electron chi connectivity index (χ0n) is 54.0. The van der Waals surface area contributed by atoms with E-state index in [4.69, 9.17) is 18.9 Å². The Bertz CT molecular complexity index is 1920. The van der Waals surface area contributed by atoms with Crippen LogP contribution in [0.25, 0.3) is 0 Å². The first-order valence-corrected chi connectivity index (χ1v) is 34.3. The summed E-state index contributed by atoms with van der Waals surface area (Å²) in [4.78, 5) is 13.3. The van der Waals surface area contributed by atoms with Crippen LogP contribution < -0.4 is 5.32 Å². The van der Waals surface area contributed by atoms with Gasteiger partial charge in [-0.3, -0.25) is 4.79 Å². The van der Waals surface area contributed by atoms with Crippen molar-refractivity contribution in [2.24, 2.45) is 0 Å². The van der Waals surface area contributed by atoms with Gasteiger partial charge in [-0.2, -0.15) is 0 Å². The summed E-state index contributed by atoms with van der Waals surface area (Å²) in [6.45, 7) is 2.66. The van der Waals surface area contributed by atoms with Gasteiger partial charge in [-0.15, -0.1) is 0 Å². The summed E-state index contributed by atoms with van der Waals surface area (Å²) in [7, 11) is 0. The summed E-state index contributed by atoms with van der Waals surface area (Å²) < 4.78 is 22.8. The molecule has 0 aromatic heterocycles. The first-order chi connectivity index (χ1) is 42.6. The third-order valence-corrected chi connectivity index (χ3v) is 15.9. The van der Waals surface area contributed by atoms with Gasteiger partial charge in [0.05, 0.1) is 32.0 Å². The molecule has 0 aliphatic carbocycles. The van der Waals surface area contributed by atoms with Gasteiger partial charge in [0.25, 0.3) is 0 Å². The van der Waals surface area contributed by atoms with Crippen molar-refractivity contribution in [2.75, 3.05) is 19.8 Å². The number of nitrogens with one attached hydrogen (secondary N) is 1. The van der Waals surface area contributed by atoms with Crippen LogP contribution in [0.5, 0.6) is 0 Å². The number of carbonyl (C=O) groups is 1. The van der Waals surface area contributed by atoms with Crippen molar-refractivity contribution in [3.63, 3.8) is 0 Å². The highest BCUT2D eigenvalue weighted by Gasteiger charge is 2.51. The first kappa shape index (κ1) is 79.5. The lowest BCUT2D eigenvalue weighted by atomic mass is 9.97. The van der Waals surface area contributed by atoms with Gasteiger partial charge < -0.3 is 65.1 Å². The lowest BCUT2D eigenvalue weighted by molar-refractivity contribution is -0.359. The molecule has 0 aromatic carbocycles. The average Bonchev–Trinajstić information content (AvgIpc) is 1.55. The van der Waals surface area contributed by atoms with Crippen LogP contribution in [0.1, 0.15) is 239 Å². The second-order valence-electron chi connectivity index (χ2n) is 23.6. The minimum absolute atomic E-state index is 0.236. The van der Waals surface area contributed by atoms with E-state index >= 15 is 0 Å². The molecule has 14 nitrogen and oxygen atoms in total. The second-order valence-corrected chi connectivity index (χ2v) is 23.6. The second kappa shape index (κ2) is 56.4. The van der Waals surface area contributed by atoms with Crippen LogP contribution in [-0.4, -0.2) is 140 Å². The van der Waals surface area contributed by atoms with E-state index in [1.165, 1.54) is 116 Å². The molecule has 14 heteroatoms. The predicted molar refractivity (Wildman–Crippen MR) is 355 cm³/mol. The molecule has 2 aliphatic rings. The smallest absolute Gasteiger partial charge is 0.220 e. The lowest BCUT2D eigenvalue weighted by Gasteiger charge is -2.46. The molecule has 498 valence electrons. The maximum Gasteiger partial charge on any atom is 0.220 e. The molecule has 0 aromatic rings. The molecule has 1 amide bonds. The third kappa shape index (κ3) is 40.7. The number of carbonyl (C=O) groups excluding carboxylic acids is 1. The van der Waals surface area contributed by atoms with Gasteiger partial charge in [-0.1, -0.05) is 257 Å². The Balaban J connectivity index is 1.74. The van der Waals surface area contributed by atoms with Crippen molar-refractivity contribution >= 4 is 5.91 Å². The molecule has 12 atom stereocenters. The minimum atomic E-state index is -1.80. The van der Waals surface area contributed by atoms with Gasteiger partial charge in [0.15, 0.2) is 12.6 Å². The highest BCUT2D eigenvalue weighted by atomic mass is 16.7. The fraction of sp³-hybridized carbons (Fsp3) is 0.712. The van der Waals surface area contributed by atoms with Crippen LogP contribution >= 0.6 is 0 Å². The number of aliphatic hydroxyl groups excluding tert-OH is 8. The maximum atomic E-state index is 13.3. The van der Waals surface area contributed by atoms with Crippen molar-refractivity contribution in [1.29, 1.82) is 0 Å². The van der Waals surface area contributed by atoms with Gasteiger partial charge in [0.2, 0.25) is 5.91 Å². The van der Waals surface area contributed by atoms with Gasteiger partial charge in [0, 0.05) is 6.42 Å². The Kier molecular flexibility index (Phi) is 51.5. The largest absolute Gasteiger partial charge is 0.394 e. The predicted octanol–water partition coefficient (Wildman–Crippen LogP) is 13.7. The van der Waals surface area contributed by atoms with E-state index in [-0.39, 0.29) is 18.9 Å². The van der Waals surface area contributed by atoms with Crippen LogP contribution in [0.2, 0.25) is 0 Å². The number of allylic oxidation sites excluding steroid dienone is 19. The Morgan fingerprint density at radius 2 is 0.805 bits per heavy atom. The fourth-order valence-electron chi connectivity index (χ4n) is 10.4. The van der Waals surface area contributed by atoms with Crippen LogP contribution in [0, 0.1) is 0 Å². The quantitative estimate of drug-likeness (QED) is 0.0204. The van der Waals surface area contributed by atoms with Crippen molar-refractivity contribution < 1.29 is 64.6 Å². The zero-order chi connectivity index (χ0) is 63.1. The first-order valence-electron chi connectivity index (χ1n) is 34.3. The number of hydrogen-bond donors (Lipinski definition) is 9. The fourth-order valence-corrected chi connectivity index (χ4v) is 10.4. The summed E-state index contributed by atoms with van der Waals surface area (Å²) in [5.41, 5.74) is 0. The van der Waals surface area contributed by atoms with Crippen molar-refractivity contribution in [2.45, 2.75) is 312 Å². The number of amides is 1. The molecular formula is C73H123NO13. The summed E-state index contributed by atoms with van der Waals surface area (Å²) >= 11 is 0. The van der Waals surface area contributed by atoms with Crippen molar-refractivity contribution in [1.82, 2.24) is 5.32 Å². The molecule has 2 saturated heterocycles. The summed E-state index contributed by atoms with van der Waals surface area (Å²) in [6.07, 6.45) is 65.3. The molecule has 2 aliphatic heterocycles. The Hall–Kier alpha value is -3.61. The third-order valence-electron chi connectivity index (χ3n) is 15.9. The van der Waals surface area contributed by atoms with Crippen LogP contribution in [-0.2, 0) is 23.7 Å². The Labute approximate surface area is 527 Å². The molecule has 87 heavy (non-hydrogen) atoms. The molecular weight excluding hydrogens is 1100 g/mol. The molecule has 2 fully saturated rings. The highest BCUT2D eigenvalue weighted by Crippen LogP contribution is 2.30. The number of aliphatic hydroxyl groups is 8. The molecule has 2 rings (SSSR count). The van der Waals surface area contributed by atoms with E-state index in [1.807, 2.05) is 6.08 Å². The van der Waals surface area contributed by atoms with Crippen molar-refractivity contribution in [3.8, 4) is 0 Å². The standard InChI is InChI=1S/C73H123NO13/c1-3-5-7-9-11-13-15-17-19-21-23-25-27-29-30-31-32-33-35-37-39-41-43-45-47-49-51-53-55-57-65(78)74-61(60-84-72-70(83)68(81)71(64(59-76)86-72)87-73-69(82)67(80)66(79)63(58-75)85-73)62(77)56-54-52-50-48-46-44-42-40-38-36-34-28-26-24-22-20-18-16-14-12-10-8-6-4-2/h5,7,11,13,17,19,23,25,29-30,32-33,37,39,43,45-46,48,54,56,61-64,66-73,75-77,79-83H,3-4,6,8-10,12,14-16,18,20-22,24,26-28,31,34-36,38,40-42,44,47,49-53,55,57-60H2,1-2H3,(H,74,78)/b7-5-,13-11-,19-17-,25-23-,30-29-,33-32-,39-37-,45-43-,48-46+,56-54+. The van der Waals surface area contributed by atoms with E-state index < -0.39 is 86.8 Å². The highest BCUT2D eigenvalue weighted by molar-refractivity contribution is 5.76. The molecule has 2 heterocycles. The molecule has 12 unspecified atom stereocenters. The number of hydrogen-bond acceptors (Lipinski definition) is 13. The number of unbranched alkanes of at least 4 members (excludes halogenated alkanes) is 23. The molecule has 0 radical (unpaired) electrons. The topological polar surface area (TPSA) is 228 Å². The summed E-state index contributed by atoms with van der Waals surface area (Å²) in [6, 6.07) is -0.956. The monoisotopic (exact) mass is 1220 g/mol. The normalized spacial score (nSPS) is 24.1. The molecule has 0 saturated carbocycles. The van der Waals surface area contributed by atoms with E-state index in [0.717, 1.165) is 89.9 Å². The van der Waals surface area contributed by atoms with Crippen molar-refractivity contribution in [3.05, 3.63) is 122 Å². The maximum absolute atomic E-state index is 13.3. The number of rotatable bonds is 54. The Morgan fingerprint density at radius 1 is 0.425 bits per heavy atom.